The topological polar surface area (TPSA) is 9.23 Å². The normalized spacial score (nSPS) is 31.5. The Balaban J connectivity index is 2.78. The van der Waals surface area contributed by atoms with Crippen molar-refractivity contribution in [3.63, 3.8) is 0 Å². The predicted molar refractivity (Wildman–Crippen MR) is 55.3 cm³/mol. The second kappa shape index (κ2) is 3.35. The van der Waals surface area contributed by atoms with Crippen molar-refractivity contribution in [1.82, 2.24) is 0 Å². The van der Waals surface area contributed by atoms with E-state index in [4.69, 9.17) is 4.43 Å². The van der Waals surface area contributed by atoms with Gasteiger partial charge in [-0.15, -0.1) is 0 Å². The van der Waals surface area contributed by atoms with Gasteiger partial charge in [-0.25, -0.2) is 0 Å². The van der Waals surface area contributed by atoms with Gasteiger partial charge in [-0.2, -0.15) is 13.2 Å². The Morgan fingerprint density at radius 3 is 2.00 bits per heavy atom. The Morgan fingerprint density at radius 1 is 1.14 bits per heavy atom. The molecule has 1 rings (SSSR count). The number of hydrogen-bond donors (Lipinski definition) is 0. The molecule has 84 valence electrons. The highest BCUT2D eigenvalue weighted by molar-refractivity contribution is 7.38. The van der Waals surface area contributed by atoms with E-state index < -0.39 is 27.7 Å². The third-order valence-corrected chi connectivity index (χ3v) is 20.0. The Kier molecular flexibility index (Phi) is 2.93. The lowest BCUT2D eigenvalue weighted by atomic mass is 10.3. The van der Waals surface area contributed by atoms with Gasteiger partial charge in [0.15, 0.2) is 7.83 Å². The third-order valence-electron chi connectivity index (χ3n) is 3.46. The molecule has 0 aromatic heterocycles. The Labute approximate surface area is 84.6 Å². The van der Waals surface area contributed by atoms with E-state index >= 15 is 0 Å². The summed E-state index contributed by atoms with van der Waals surface area (Å²) in [4.78, 5) is 0. The third kappa shape index (κ3) is 2.22. The Bertz CT molecular complexity index is 225. The van der Waals surface area contributed by atoms with E-state index in [9.17, 15) is 13.2 Å². The molecule has 1 heterocycles. The summed E-state index contributed by atoms with van der Waals surface area (Å²) in [6.45, 7) is 8.14. The molecular weight excluding hydrogens is 225 g/mol. The zero-order valence-electron chi connectivity index (χ0n) is 9.03. The van der Waals surface area contributed by atoms with Crippen molar-refractivity contribution in [3.8, 4) is 0 Å². The Hall–Kier alpha value is 0.184. The standard InChI is InChI=1S/C8H17F3OSi2/c1-13(2)6-5-7(8(9,10)11)12-14(13,3)4/h7H,5-6H2,1-4H3. The van der Waals surface area contributed by atoms with Gasteiger partial charge >= 0.3 is 6.18 Å². The van der Waals surface area contributed by atoms with E-state index in [1.165, 1.54) is 0 Å². The minimum atomic E-state index is -4.17. The maximum Gasteiger partial charge on any atom is 0.413 e. The molecule has 0 N–H and O–H groups in total. The van der Waals surface area contributed by atoms with Gasteiger partial charge < -0.3 is 4.43 Å². The van der Waals surface area contributed by atoms with Crippen LogP contribution in [0, 0.1) is 0 Å². The average Bonchev–Trinajstić information content (AvgIpc) is 1.92. The molecule has 1 aliphatic heterocycles. The molecule has 0 amide bonds. The molecule has 6 heteroatoms. The summed E-state index contributed by atoms with van der Waals surface area (Å²) in [7, 11) is -3.59. The van der Waals surface area contributed by atoms with Crippen molar-refractivity contribution >= 4 is 15.4 Å². The quantitative estimate of drug-likeness (QED) is 0.592. The van der Waals surface area contributed by atoms with Gasteiger partial charge in [0.25, 0.3) is 0 Å². The molecule has 14 heavy (non-hydrogen) atoms. The highest BCUT2D eigenvalue weighted by Gasteiger charge is 2.54. The summed E-state index contributed by atoms with van der Waals surface area (Å²) in [5, 5.41) is 0. The fourth-order valence-electron chi connectivity index (χ4n) is 1.60. The van der Waals surface area contributed by atoms with Gasteiger partial charge in [-0.05, 0) is 19.5 Å². The first-order valence-corrected chi connectivity index (χ1v) is 11.9. The van der Waals surface area contributed by atoms with Gasteiger partial charge in [-0.3, -0.25) is 0 Å². The number of hydrogen-bond acceptors (Lipinski definition) is 1. The zero-order chi connectivity index (χ0) is 11.2. The van der Waals surface area contributed by atoms with Gasteiger partial charge in [-0.1, -0.05) is 19.1 Å². The first-order valence-electron chi connectivity index (χ1n) is 4.81. The zero-order valence-corrected chi connectivity index (χ0v) is 11.0. The minimum Gasteiger partial charge on any atom is -0.408 e. The molecular formula is C8H17F3OSi2. The van der Waals surface area contributed by atoms with E-state index in [0.29, 0.717) is 0 Å². The molecule has 0 saturated carbocycles. The van der Waals surface area contributed by atoms with Gasteiger partial charge in [0.2, 0.25) is 0 Å². The van der Waals surface area contributed by atoms with Gasteiger partial charge in [0.1, 0.15) is 6.10 Å². The van der Waals surface area contributed by atoms with Crippen molar-refractivity contribution in [2.75, 3.05) is 0 Å². The summed E-state index contributed by atoms with van der Waals surface area (Å²) in [6, 6.07) is 0.746. The first kappa shape index (κ1) is 12.3. The van der Waals surface area contributed by atoms with E-state index in [1.807, 2.05) is 13.1 Å². The largest absolute Gasteiger partial charge is 0.413 e. The molecule has 1 saturated heterocycles. The maximum atomic E-state index is 12.4. The molecule has 0 aromatic rings. The van der Waals surface area contributed by atoms with Crippen LogP contribution in [0.5, 0.6) is 0 Å². The van der Waals surface area contributed by atoms with Crippen LogP contribution in [0.4, 0.5) is 13.2 Å². The van der Waals surface area contributed by atoms with E-state index in [0.717, 1.165) is 6.04 Å². The molecule has 0 aliphatic carbocycles. The number of alkyl halides is 3. The van der Waals surface area contributed by atoms with E-state index in [1.54, 1.807) is 0 Å². The smallest absolute Gasteiger partial charge is 0.408 e. The first-order chi connectivity index (χ1) is 6.06. The summed E-state index contributed by atoms with van der Waals surface area (Å²) in [5.74, 6) is 0. The second-order valence-corrected chi connectivity index (χ2v) is 20.3. The molecule has 0 bridgehead atoms. The van der Waals surface area contributed by atoms with Crippen molar-refractivity contribution in [3.05, 3.63) is 0 Å². The van der Waals surface area contributed by atoms with Gasteiger partial charge in [0.05, 0.1) is 7.59 Å². The molecule has 1 unspecified atom stereocenters. The van der Waals surface area contributed by atoms with Crippen LogP contribution < -0.4 is 0 Å². The second-order valence-electron chi connectivity index (χ2n) is 5.08. The van der Waals surface area contributed by atoms with Crippen LogP contribution in [0.25, 0.3) is 0 Å². The van der Waals surface area contributed by atoms with Crippen LogP contribution in [0.2, 0.25) is 32.2 Å². The SMILES string of the molecule is C[Si]1(C)CCC(C(F)(F)F)O[Si]1(C)C. The van der Waals surface area contributed by atoms with Crippen LogP contribution in [0.3, 0.4) is 0 Å². The van der Waals surface area contributed by atoms with Crippen LogP contribution in [0.15, 0.2) is 0 Å². The summed E-state index contributed by atoms with van der Waals surface area (Å²) >= 11 is 0. The molecule has 1 fully saturated rings. The van der Waals surface area contributed by atoms with Crippen molar-refractivity contribution in [2.24, 2.45) is 0 Å². The highest BCUT2D eigenvalue weighted by Crippen LogP contribution is 2.39. The lowest BCUT2D eigenvalue weighted by Gasteiger charge is -2.45. The van der Waals surface area contributed by atoms with Crippen LogP contribution in [0.1, 0.15) is 6.42 Å². The molecule has 0 aromatic carbocycles. The lowest BCUT2D eigenvalue weighted by molar-refractivity contribution is -0.198. The van der Waals surface area contributed by atoms with Crippen LogP contribution >= 0.6 is 0 Å². The highest BCUT2D eigenvalue weighted by atomic mass is 29.3. The fourth-order valence-corrected chi connectivity index (χ4v) is 8.09. The fraction of sp³-hybridized carbons (Fsp3) is 1.00. The van der Waals surface area contributed by atoms with Crippen LogP contribution in [-0.2, 0) is 4.43 Å². The summed E-state index contributed by atoms with van der Waals surface area (Å²) < 4.78 is 42.7. The van der Waals surface area contributed by atoms with E-state index in [2.05, 4.69) is 13.1 Å². The molecule has 1 nitrogen and oxygen atoms in total. The molecule has 1 atom stereocenters. The number of rotatable bonds is 0. The van der Waals surface area contributed by atoms with Crippen LogP contribution in [-0.4, -0.2) is 27.7 Å². The summed E-state index contributed by atoms with van der Waals surface area (Å²) in [5.41, 5.74) is 0. The van der Waals surface area contributed by atoms with E-state index in [-0.39, 0.29) is 6.42 Å². The van der Waals surface area contributed by atoms with Crippen molar-refractivity contribution in [2.45, 2.75) is 50.9 Å². The number of halogens is 3. The van der Waals surface area contributed by atoms with Crippen molar-refractivity contribution in [1.29, 1.82) is 0 Å². The predicted octanol–water partition coefficient (Wildman–Crippen LogP) is 3.33. The monoisotopic (exact) mass is 242 g/mol. The summed E-state index contributed by atoms with van der Waals surface area (Å²) in [6.07, 6.45) is -5.50. The Morgan fingerprint density at radius 2 is 1.64 bits per heavy atom. The molecule has 1 aliphatic rings. The molecule has 0 spiro atoms. The average molecular weight is 242 g/mol. The maximum absolute atomic E-state index is 12.4. The lowest BCUT2D eigenvalue weighted by Crippen LogP contribution is -2.63. The minimum absolute atomic E-state index is 0.166. The van der Waals surface area contributed by atoms with Crippen molar-refractivity contribution < 1.29 is 17.6 Å². The molecule has 0 radical (unpaired) electrons. The van der Waals surface area contributed by atoms with Gasteiger partial charge in [0, 0.05) is 0 Å².